The molecule has 0 aromatic carbocycles. The van der Waals surface area contributed by atoms with Gasteiger partial charge in [0, 0.05) is 18.7 Å². The summed E-state index contributed by atoms with van der Waals surface area (Å²) < 4.78 is 4.92. The lowest BCUT2D eigenvalue weighted by Gasteiger charge is -2.29. The van der Waals surface area contributed by atoms with E-state index in [1.54, 1.807) is 27.0 Å². The van der Waals surface area contributed by atoms with Crippen molar-refractivity contribution in [2.24, 2.45) is 5.92 Å². The average Bonchev–Trinajstić information content (AvgIpc) is 3.41. The number of carbonyl (C=O) groups is 3. The molecule has 0 spiro atoms. The van der Waals surface area contributed by atoms with Crippen LogP contribution in [-0.4, -0.2) is 73.5 Å². The molecule has 1 heterocycles. The van der Waals surface area contributed by atoms with Gasteiger partial charge < -0.3 is 19.9 Å². The number of piperidine rings is 1. The van der Waals surface area contributed by atoms with Crippen molar-refractivity contribution in [1.29, 1.82) is 0 Å². The van der Waals surface area contributed by atoms with Gasteiger partial charge in [0.05, 0.1) is 19.2 Å². The second kappa shape index (κ2) is 19.4. The summed E-state index contributed by atoms with van der Waals surface area (Å²) in [4.78, 5) is 37.8. The van der Waals surface area contributed by atoms with Gasteiger partial charge in [-0.25, -0.2) is 4.79 Å². The van der Waals surface area contributed by atoms with E-state index in [9.17, 15) is 14.4 Å². The van der Waals surface area contributed by atoms with Crippen LogP contribution in [0, 0.1) is 5.92 Å². The molecule has 7 heteroatoms. The van der Waals surface area contributed by atoms with Crippen molar-refractivity contribution in [3.63, 3.8) is 0 Å². The molecular weight excluding hydrogens is 430 g/mol. The van der Waals surface area contributed by atoms with Crippen molar-refractivity contribution in [2.45, 2.75) is 105 Å². The van der Waals surface area contributed by atoms with E-state index in [1.165, 1.54) is 69.4 Å². The Labute approximate surface area is 208 Å². The number of nitrogens with zero attached hydrogens (tertiary/aromatic N) is 2. The van der Waals surface area contributed by atoms with E-state index in [-0.39, 0.29) is 30.4 Å². The topological polar surface area (TPSA) is 79.0 Å². The van der Waals surface area contributed by atoms with Crippen LogP contribution in [0.1, 0.15) is 92.9 Å². The molecule has 0 bridgehead atoms. The predicted octanol–water partition coefficient (Wildman–Crippen LogP) is 4.56. The van der Waals surface area contributed by atoms with Gasteiger partial charge in [-0.3, -0.25) is 9.59 Å². The first-order chi connectivity index (χ1) is 16.1. The number of amides is 2. The lowest BCUT2D eigenvalue weighted by atomic mass is 10.00. The SMILES string of the molecule is C1CCCC1.CC(C)N1CCCCC1.CCOC(=O)/C(C)=C/[C@H](C(C)C)N(C)C(=O)CNC=O. The van der Waals surface area contributed by atoms with Crippen molar-refractivity contribution in [3.05, 3.63) is 11.6 Å². The highest BCUT2D eigenvalue weighted by Gasteiger charge is 2.22. The molecule has 1 atom stereocenters. The van der Waals surface area contributed by atoms with Crippen molar-refractivity contribution >= 4 is 18.3 Å². The van der Waals surface area contributed by atoms with E-state index >= 15 is 0 Å². The molecule has 0 aromatic rings. The summed E-state index contributed by atoms with van der Waals surface area (Å²) in [6, 6.07) is 0.533. The van der Waals surface area contributed by atoms with Gasteiger partial charge >= 0.3 is 5.97 Å². The van der Waals surface area contributed by atoms with E-state index in [0.717, 1.165) is 6.04 Å². The molecule has 34 heavy (non-hydrogen) atoms. The van der Waals surface area contributed by atoms with Crippen LogP contribution in [0.2, 0.25) is 0 Å². The Morgan fingerprint density at radius 3 is 1.85 bits per heavy atom. The minimum atomic E-state index is -0.384. The molecule has 1 N–H and O–H groups in total. The normalized spacial score (nSPS) is 17.1. The number of hydrogen-bond donors (Lipinski definition) is 1. The van der Waals surface area contributed by atoms with Crippen molar-refractivity contribution in [3.8, 4) is 0 Å². The maximum absolute atomic E-state index is 11.9. The molecule has 7 nitrogen and oxygen atoms in total. The fourth-order valence-electron chi connectivity index (χ4n) is 4.06. The molecule has 0 unspecified atom stereocenters. The maximum Gasteiger partial charge on any atom is 0.333 e. The van der Waals surface area contributed by atoms with Crippen LogP contribution in [-0.2, 0) is 19.1 Å². The Bertz CT molecular complexity index is 587. The van der Waals surface area contributed by atoms with Gasteiger partial charge in [-0.2, -0.15) is 0 Å². The van der Waals surface area contributed by atoms with Crippen LogP contribution < -0.4 is 5.32 Å². The van der Waals surface area contributed by atoms with Gasteiger partial charge in [0.2, 0.25) is 12.3 Å². The smallest absolute Gasteiger partial charge is 0.333 e. The Hall–Kier alpha value is -1.89. The van der Waals surface area contributed by atoms with Crippen LogP contribution in [0.25, 0.3) is 0 Å². The average molecular weight is 482 g/mol. The first kappa shape index (κ1) is 32.1. The second-order valence-corrected chi connectivity index (χ2v) is 9.77. The summed E-state index contributed by atoms with van der Waals surface area (Å²) >= 11 is 0. The number of rotatable bonds is 9. The minimum Gasteiger partial charge on any atom is -0.463 e. The molecule has 1 saturated heterocycles. The number of likely N-dealkylation sites (N-methyl/N-ethyl adjacent to an activating group) is 1. The molecule has 2 aliphatic rings. The number of carbonyl (C=O) groups excluding carboxylic acids is 3. The number of nitrogens with one attached hydrogen (secondary N) is 1. The lowest BCUT2D eigenvalue weighted by molar-refractivity contribution is -0.138. The van der Waals surface area contributed by atoms with Gasteiger partial charge in [-0.15, -0.1) is 0 Å². The van der Waals surface area contributed by atoms with Gasteiger partial charge in [0.1, 0.15) is 0 Å². The van der Waals surface area contributed by atoms with Crippen molar-refractivity contribution < 1.29 is 19.1 Å². The van der Waals surface area contributed by atoms with Crippen LogP contribution in [0.3, 0.4) is 0 Å². The Kier molecular flexibility index (Phi) is 18.3. The van der Waals surface area contributed by atoms with E-state index in [2.05, 4.69) is 24.1 Å². The molecule has 1 aliphatic carbocycles. The summed E-state index contributed by atoms with van der Waals surface area (Å²) in [5, 5.41) is 2.34. The molecule has 2 rings (SSSR count). The number of likely N-dealkylation sites (tertiary alicyclic amines) is 1. The molecule has 2 fully saturated rings. The first-order valence-electron chi connectivity index (χ1n) is 13.2. The zero-order valence-electron chi connectivity index (χ0n) is 22.9. The Morgan fingerprint density at radius 1 is 0.971 bits per heavy atom. The monoisotopic (exact) mass is 481 g/mol. The molecule has 0 aromatic heterocycles. The standard InChI is InChI=1S/C14H24N2O4.C8H17N.C5H10/c1-6-20-14(19)11(4)7-12(10(2)3)16(5)13(18)8-15-9-17;1-8(2)9-6-4-3-5-7-9;1-2-4-5-3-1/h7,9-10,12H,6,8H2,1-5H3,(H,15,17);8H,3-7H2,1-2H3;1-5H2/b11-7+;;/t12-;;/m1../s1. The zero-order valence-corrected chi connectivity index (χ0v) is 22.9. The number of ether oxygens (including phenoxy) is 1. The van der Waals surface area contributed by atoms with E-state index in [4.69, 9.17) is 4.74 Å². The van der Waals surface area contributed by atoms with Crippen molar-refractivity contribution in [2.75, 3.05) is 33.3 Å². The predicted molar refractivity (Wildman–Crippen MR) is 139 cm³/mol. The minimum absolute atomic E-state index is 0.0600. The quantitative estimate of drug-likeness (QED) is 0.297. The lowest BCUT2D eigenvalue weighted by Crippen LogP contribution is -2.43. The second-order valence-electron chi connectivity index (χ2n) is 9.77. The summed E-state index contributed by atoms with van der Waals surface area (Å²) in [6.45, 7) is 14.8. The highest BCUT2D eigenvalue weighted by Crippen LogP contribution is 2.15. The molecule has 2 amide bonds. The fourth-order valence-corrected chi connectivity index (χ4v) is 4.06. The highest BCUT2D eigenvalue weighted by atomic mass is 16.5. The third-order valence-electron chi connectivity index (χ3n) is 6.25. The third kappa shape index (κ3) is 14.4. The first-order valence-corrected chi connectivity index (χ1v) is 13.2. The maximum atomic E-state index is 11.9. The molecule has 198 valence electrons. The van der Waals surface area contributed by atoms with Crippen LogP contribution in [0.5, 0.6) is 0 Å². The summed E-state index contributed by atoms with van der Waals surface area (Å²) in [6.07, 6.45) is 14.0. The molecular formula is C27H51N3O4. The van der Waals surface area contributed by atoms with Crippen LogP contribution in [0.4, 0.5) is 0 Å². The van der Waals surface area contributed by atoms with Gasteiger partial charge in [0.25, 0.3) is 0 Å². The number of hydrogen-bond acceptors (Lipinski definition) is 5. The fraction of sp³-hybridized carbons (Fsp3) is 0.815. The molecule has 1 saturated carbocycles. The molecule has 0 radical (unpaired) electrons. The van der Waals surface area contributed by atoms with Gasteiger partial charge in [-0.1, -0.05) is 58.4 Å². The van der Waals surface area contributed by atoms with E-state index in [0.29, 0.717) is 18.6 Å². The Balaban J connectivity index is 0.000000624. The largest absolute Gasteiger partial charge is 0.463 e. The van der Waals surface area contributed by atoms with Gasteiger partial charge in [0.15, 0.2) is 0 Å². The zero-order chi connectivity index (χ0) is 25.9. The van der Waals surface area contributed by atoms with Crippen LogP contribution >= 0.6 is 0 Å². The molecule has 1 aliphatic heterocycles. The summed E-state index contributed by atoms with van der Waals surface area (Å²) in [5.41, 5.74) is 0.466. The number of esters is 1. The third-order valence-corrected chi connectivity index (χ3v) is 6.25. The summed E-state index contributed by atoms with van der Waals surface area (Å²) in [5.74, 6) is -0.474. The Morgan fingerprint density at radius 2 is 1.47 bits per heavy atom. The highest BCUT2D eigenvalue weighted by molar-refractivity contribution is 5.88. The van der Waals surface area contributed by atoms with Crippen LogP contribution in [0.15, 0.2) is 11.6 Å². The van der Waals surface area contributed by atoms with E-state index < -0.39 is 0 Å². The van der Waals surface area contributed by atoms with E-state index in [1.807, 2.05) is 13.8 Å². The summed E-state index contributed by atoms with van der Waals surface area (Å²) in [7, 11) is 1.65. The van der Waals surface area contributed by atoms with Gasteiger partial charge in [-0.05, 0) is 59.5 Å². The van der Waals surface area contributed by atoms with Crippen molar-refractivity contribution in [1.82, 2.24) is 15.1 Å².